The van der Waals surface area contributed by atoms with E-state index in [1.54, 1.807) is 21.3 Å². The van der Waals surface area contributed by atoms with Gasteiger partial charge in [-0.05, 0) is 23.0 Å². The van der Waals surface area contributed by atoms with Crippen molar-refractivity contribution in [1.29, 1.82) is 0 Å². The highest BCUT2D eigenvalue weighted by atomic mass is 28.4. The third-order valence-electron chi connectivity index (χ3n) is 4.98. The number of hydrogen-bond acceptors (Lipinski definition) is 5. The van der Waals surface area contributed by atoms with Crippen LogP contribution in [0.15, 0.2) is 0 Å². The van der Waals surface area contributed by atoms with Crippen molar-refractivity contribution in [2.45, 2.75) is 70.6 Å². The normalized spacial score (nSPS) is 13.5. The lowest BCUT2D eigenvalue weighted by molar-refractivity contribution is 0.0898. The molecule has 0 rings (SSSR count). The fourth-order valence-electron chi connectivity index (χ4n) is 3.77. The average Bonchev–Trinajstić information content (AvgIpc) is 2.53. The van der Waals surface area contributed by atoms with Crippen LogP contribution in [0.2, 0.25) is 22.7 Å². The van der Waals surface area contributed by atoms with Crippen molar-refractivity contribution in [2.75, 3.05) is 41.2 Å². The second-order valence-electron chi connectivity index (χ2n) is 7.18. The zero-order valence-corrected chi connectivity index (χ0v) is 19.3. The molecule has 0 heterocycles. The molecule has 0 aliphatic rings. The number of rotatable bonds is 14. The zero-order chi connectivity index (χ0) is 18.8. The summed E-state index contributed by atoms with van der Waals surface area (Å²) in [6.45, 7) is 15.9. The van der Waals surface area contributed by atoms with Crippen LogP contribution < -0.4 is 0 Å². The van der Waals surface area contributed by atoms with Gasteiger partial charge in [-0.25, -0.2) is 0 Å². The molecular weight excluding hydrogens is 340 g/mol. The highest BCUT2D eigenvalue weighted by Gasteiger charge is 2.44. The van der Waals surface area contributed by atoms with E-state index in [2.05, 4.69) is 41.5 Å². The van der Waals surface area contributed by atoms with Crippen LogP contribution >= 0.6 is 0 Å². The second-order valence-corrected chi connectivity index (χ2v) is 15.7. The fourth-order valence-corrected chi connectivity index (χ4v) is 10.8. The van der Waals surface area contributed by atoms with E-state index in [0.717, 1.165) is 13.0 Å². The molecule has 0 aromatic heterocycles. The van der Waals surface area contributed by atoms with Gasteiger partial charge >= 0.3 is 8.80 Å². The van der Waals surface area contributed by atoms with Gasteiger partial charge in [-0.2, -0.15) is 0 Å². The smallest absolute Gasteiger partial charge is 0.416 e. The van der Waals surface area contributed by atoms with Crippen LogP contribution in [-0.2, 0) is 22.4 Å². The molecular formula is C17H40O5Si2. The van der Waals surface area contributed by atoms with E-state index in [1.807, 2.05) is 0 Å². The molecule has 7 heteroatoms. The minimum Gasteiger partial charge on any atom is -0.416 e. The topological polar surface area (TPSA) is 46.2 Å². The maximum Gasteiger partial charge on any atom is 0.502 e. The predicted octanol–water partition coefficient (Wildman–Crippen LogP) is 4.46. The third-order valence-corrected chi connectivity index (χ3v) is 13.8. The molecule has 0 amide bonds. The van der Waals surface area contributed by atoms with Gasteiger partial charge < -0.3 is 22.4 Å². The van der Waals surface area contributed by atoms with Crippen LogP contribution in [0.5, 0.6) is 0 Å². The van der Waals surface area contributed by atoms with Gasteiger partial charge in [-0.3, -0.25) is 0 Å². The quantitative estimate of drug-likeness (QED) is 0.329. The second kappa shape index (κ2) is 11.8. The van der Waals surface area contributed by atoms with Crippen LogP contribution in [-0.4, -0.2) is 58.3 Å². The molecule has 0 aliphatic heterocycles. The summed E-state index contributed by atoms with van der Waals surface area (Å²) in [4.78, 5) is 0. The van der Waals surface area contributed by atoms with Crippen LogP contribution in [0.25, 0.3) is 0 Å². The van der Waals surface area contributed by atoms with Gasteiger partial charge in [0, 0.05) is 40.6 Å². The molecule has 0 spiro atoms. The molecule has 0 saturated heterocycles. The van der Waals surface area contributed by atoms with Crippen molar-refractivity contribution in [3.63, 3.8) is 0 Å². The minimum atomic E-state index is -2.51. The summed E-state index contributed by atoms with van der Waals surface area (Å²) in [6, 6.07) is 0.667. The third kappa shape index (κ3) is 6.51. The van der Waals surface area contributed by atoms with Crippen molar-refractivity contribution in [2.24, 2.45) is 0 Å². The van der Waals surface area contributed by atoms with Gasteiger partial charge in [0.1, 0.15) is 0 Å². The van der Waals surface area contributed by atoms with E-state index in [1.165, 1.54) is 0 Å². The molecule has 5 nitrogen and oxygen atoms in total. The first-order valence-corrected chi connectivity index (χ1v) is 13.2. The first kappa shape index (κ1) is 24.2. The van der Waals surface area contributed by atoms with E-state index >= 15 is 0 Å². The molecule has 0 saturated carbocycles. The summed E-state index contributed by atoms with van der Waals surface area (Å²) >= 11 is 0. The summed E-state index contributed by atoms with van der Waals surface area (Å²) in [5, 5.41) is 0. The van der Waals surface area contributed by atoms with E-state index in [-0.39, 0.29) is 0 Å². The summed E-state index contributed by atoms with van der Waals surface area (Å²) in [6.07, 6.45) is 0.919. The highest BCUT2D eigenvalue weighted by molar-refractivity contribution is 6.77. The molecule has 0 radical (unpaired) electrons. The Bertz CT molecular complexity index is 290. The van der Waals surface area contributed by atoms with Crippen LogP contribution in [0.3, 0.4) is 0 Å². The molecule has 0 N–H and O–H groups in total. The van der Waals surface area contributed by atoms with Gasteiger partial charge in [-0.1, -0.05) is 41.5 Å². The Morgan fingerprint density at radius 1 is 0.667 bits per heavy atom. The first-order chi connectivity index (χ1) is 11.2. The van der Waals surface area contributed by atoms with Crippen molar-refractivity contribution >= 4 is 17.1 Å². The molecule has 0 atom stereocenters. The average molecular weight is 381 g/mol. The molecule has 0 aromatic rings. The van der Waals surface area contributed by atoms with Crippen molar-refractivity contribution in [3.8, 4) is 0 Å². The largest absolute Gasteiger partial charge is 0.502 e. The molecule has 0 bridgehead atoms. The summed E-state index contributed by atoms with van der Waals surface area (Å²) < 4.78 is 28.4. The van der Waals surface area contributed by atoms with Crippen molar-refractivity contribution < 1.29 is 22.4 Å². The Hall–Kier alpha value is 0.234. The summed E-state index contributed by atoms with van der Waals surface area (Å²) in [5.41, 5.74) is 1.86. The highest BCUT2D eigenvalue weighted by Crippen LogP contribution is 2.42. The zero-order valence-electron chi connectivity index (χ0n) is 17.3. The summed E-state index contributed by atoms with van der Waals surface area (Å²) in [7, 11) is 0.616. The van der Waals surface area contributed by atoms with Crippen molar-refractivity contribution in [1.82, 2.24) is 0 Å². The lowest BCUT2D eigenvalue weighted by atomic mass is 10.5. The van der Waals surface area contributed by atoms with E-state index in [0.29, 0.717) is 35.9 Å². The monoisotopic (exact) mass is 380 g/mol. The summed E-state index contributed by atoms with van der Waals surface area (Å²) in [5.74, 6) is 0. The Balaban J connectivity index is 4.20. The number of ether oxygens (including phenoxy) is 1. The Kier molecular flexibility index (Phi) is 11.9. The Morgan fingerprint density at radius 3 is 1.50 bits per heavy atom. The lowest BCUT2D eigenvalue weighted by Crippen LogP contribution is -2.48. The molecule has 0 unspecified atom stereocenters. The lowest BCUT2D eigenvalue weighted by Gasteiger charge is -2.42. The van der Waals surface area contributed by atoms with Gasteiger partial charge in [0.2, 0.25) is 0 Å². The van der Waals surface area contributed by atoms with Crippen LogP contribution in [0, 0.1) is 0 Å². The number of hydrogen-bond donors (Lipinski definition) is 0. The predicted molar refractivity (Wildman–Crippen MR) is 104 cm³/mol. The fraction of sp³-hybridized carbons (Fsp3) is 1.00. The maximum atomic E-state index is 6.52. The van der Waals surface area contributed by atoms with Gasteiger partial charge in [0.05, 0.1) is 6.61 Å². The maximum absolute atomic E-state index is 6.52. The van der Waals surface area contributed by atoms with E-state index in [9.17, 15) is 0 Å². The van der Waals surface area contributed by atoms with Crippen molar-refractivity contribution in [3.05, 3.63) is 0 Å². The molecule has 146 valence electrons. The molecule has 0 fully saturated rings. The Labute approximate surface area is 151 Å². The SMILES string of the molecule is CO[Si](CCOCCCO[Si](C(C)C)(C(C)C)C(C)C)(OC)OC. The standard InChI is InChI=1S/C17H40O5Si2/c1-15(2)24(16(3)4,17(5)6)22-12-10-11-21-13-14-23(18-7,19-8)20-9/h15-17H,10-14H2,1-9H3. The van der Waals surface area contributed by atoms with E-state index in [4.69, 9.17) is 22.4 Å². The Morgan fingerprint density at radius 2 is 1.12 bits per heavy atom. The van der Waals surface area contributed by atoms with Crippen LogP contribution in [0.1, 0.15) is 48.0 Å². The molecule has 0 aromatic carbocycles. The van der Waals surface area contributed by atoms with Gasteiger partial charge in [0.15, 0.2) is 8.32 Å². The van der Waals surface area contributed by atoms with E-state index < -0.39 is 17.1 Å². The van der Waals surface area contributed by atoms with Crippen LogP contribution in [0.4, 0.5) is 0 Å². The first-order valence-electron chi connectivity index (χ1n) is 9.09. The molecule has 0 aliphatic carbocycles. The van der Waals surface area contributed by atoms with Gasteiger partial charge in [0.25, 0.3) is 0 Å². The molecule has 24 heavy (non-hydrogen) atoms. The van der Waals surface area contributed by atoms with Gasteiger partial charge in [-0.15, -0.1) is 0 Å². The minimum absolute atomic E-state index is 0.586.